The predicted molar refractivity (Wildman–Crippen MR) is 113 cm³/mol. The molecule has 5 heteroatoms. The first-order chi connectivity index (χ1) is 13.7. The van der Waals surface area contributed by atoms with Gasteiger partial charge >= 0.3 is 0 Å². The van der Waals surface area contributed by atoms with E-state index in [1.54, 1.807) is 23.6 Å². The Morgan fingerprint density at radius 3 is 2.79 bits per heavy atom. The van der Waals surface area contributed by atoms with Crippen molar-refractivity contribution in [1.29, 1.82) is 0 Å². The second-order valence-corrected chi connectivity index (χ2v) is 8.15. The second kappa shape index (κ2) is 6.93. The minimum Gasteiger partial charge on any atom is -0.298 e. The molecule has 0 spiro atoms. The van der Waals surface area contributed by atoms with Gasteiger partial charge in [-0.15, -0.1) is 11.3 Å². The molecule has 138 valence electrons. The molecule has 0 radical (unpaired) electrons. The van der Waals surface area contributed by atoms with Crippen LogP contribution >= 0.6 is 11.3 Å². The van der Waals surface area contributed by atoms with Gasteiger partial charge in [0, 0.05) is 40.0 Å². The lowest BCUT2D eigenvalue weighted by molar-refractivity contribution is 0.365. The molecule has 1 aliphatic heterocycles. The number of halogens is 1. The number of nitrogens with zero attached hydrogens (tertiary/aromatic N) is 3. The van der Waals surface area contributed by atoms with E-state index in [-0.39, 0.29) is 5.82 Å². The van der Waals surface area contributed by atoms with E-state index in [9.17, 15) is 0 Å². The van der Waals surface area contributed by atoms with Crippen molar-refractivity contribution in [1.82, 2.24) is 15.1 Å². The van der Waals surface area contributed by atoms with Crippen molar-refractivity contribution in [3.8, 4) is 11.3 Å². The highest BCUT2D eigenvalue weighted by atomic mass is 32.1. The Morgan fingerprint density at radius 2 is 1.96 bits per heavy atom. The number of thiophene rings is 1. The summed E-state index contributed by atoms with van der Waals surface area (Å²) in [6.07, 6.45) is 3.76. The van der Waals surface area contributed by atoms with Crippen LogP contribution in [0.5, 0.6) is 0 Å². The van der Waals surface area contributed by atoms with E-state index in [1.807, 2.05) is 30.3 Å². The van der Waals surface area contributed by atoms with Gasteiger partial charge in [-0.05, 0) is 60.0 Å². The third kappa shape index (κ3) is 3.03. The van der Waals surface area contributed by atoms with Crippen LogP contribution in [0.25, 0.3) is 26.9 Å². The van der Waals surface area contributed by atoms with Crippen molar-refractivity contribution in [3.05, 3.63) is 88.7 Å². The SMILES string of the molecule is CN1CC=C(c2cc3ccccc3s2)c2c(F)cc(-c3cccnn3)cc2C1. The van der Waals surface area contributed by atoms with Crippen molar-refractivity contribution in [2.24, 2.45) is 0 Å². The summed E-state index contributed by atoms with van der Waals surface area (Å²) >= 11 is 1.71. The summed E-state index contributed by atoms with van der Waals surface area (Å²) in [6, 6.07) is 17.8. The first-order valence-electron chi connectivity index (χ1n) is 9.17. The standard InChI is InChI=1S/C23H18FN3S/c1-27-10-8-18(22-13-15-5-2-3-7-21(15)28-22)23-17(14-27)11-16(12-19(23)24)20-6-4-9-25-26-20/h2-9,11-13H,10,14H2,1H3. The smallest absolute Gasteiger partial charge is 0.132 e. The quantitative estimate of drug-likeness (QED) is 0.463. The summed E-state index contributed by atoms with van der Waals surface area (Å²) in [5, 5.41) is 9.27. The minimum absolute atomic E-state index is 0.211. The van der Waals surface area contributed by atoms with Gasteiger partial charge in [0.25, 0.3) is 0 Å². The maximum Gasteiger partial charge on any atom is 0.132 e. The number of likely N-dealkylation sites (N-methyl/N-ethyl adjacent to an activating group) is 1. The molecule has 0 saturated carbocycles. The van der Waals surface area contributed by atoms with Crippen molar-refractivity contribution in [2.45, 2.75) is 6.54 Å². The lowest BCUT2D eigenvalue weighted by atomic mass is 9.95. The van der Waals surface area contributed by atoms with Crippen LogP contribution in [0.15, 0.2) is 66.9 Å². The highest BCUT2D eigenvalue weighted by Crippen LogP contribution is 2.39. The molecule has 0 unspecified atom stereocenters. The average molecular weight is 387 g/mol. The van der Waals surface area contributed by atoms with Crippen LogP contribution in [0.4, 0.5) is 4.39 Å². The summed E-state index contributed by atoms with van der Waals surface area (Å²) in [4.78, 5) is 3.29. The zero-order valence-corrected chi connectivity index (χ0v) is 16.2. The Labute approximate surface area is 166 Å². The molecule has 0 bridgehead atoms. The predicted octanol–water partition coefficient (Wildman–Crippen LogP) is 5.37. The van der Waals surface area contributed by atoms with Crippen molar-refractivity contribution in [3.63, 3.8) is 0 Å². The normalized spacial score (nSPS) is 14.6. The van der Waals surface area contributed by atoms with E-state index in [4.69, 9.17) is 0 Å². The lowest BCUT2D eigenvalue weighted by Crippen LogP contribution is -2.16. The Hall–Kier alpha value is -2.89. The summed E-state index contributed by atoms with van der Waals surface area (Å²) in [5.41, 5.74) is 4.09. The van der Waals surface area contributed by atoms with Crippen LogP contribution in [0.1, 0.15) is 16.0 Å². The largest absolute Gasteiger partial charge is 0.298 e. The molecule has 0 saturated heterocycles. The molecule has 3 nitrogen and oxygen atoms in total. The zero-order valence-electron chi connectivity index (χ0n) is 15.4. The Morgan fingerprint density at radius 1 is 1.07 bits per heavy atom. The van der Waals surface area contributed by atoms with Gasteiger partial charge in [-0.3, -0.25) is 4.90 Å². The summed E-state index contributed by atoms with van der Waals surface area (Å²) in [5.74, 6) is -0.211. The molecule has 0 fully saturated rings. The summed E-state index contributed by atoms with van der Waals surface area (Å²) < 4.78 is 16.6. The topological polar surface area (TPSA) is 29.0 Å². The highest BCUT2D eigenvalue weighted by molar-refractivity contribution is 7.20. The molecule has 0 N–H and O–H groups in total. The summed E-state index contributed by atoms with van der Waals surface area (Å²) in [6.45, 7) is 1.46. The first kappa shape index (κ1) is 17.2. The number of hydrogen-bond acceptors (Lipinski definition) is 4. The van der Waals surface area contributed by atoms with Crippen LogP contribution < -0.4 is 0 Å². The van der Waals surface area contributed by atoms with E-state index in [0.717, 1.165) is 28.1 Å². The molecule has 4 aromatic rings. The van der Waals surface area contributed by atoms with Crippen molar-refractivity contribution >= 4 is 27.0 Å². The van der Waals surface area contributed by atoms with Crippen molar-refractivity contribution < 1.29 is 4.39 Å². The molecule has 0 amide bonds. The molecule has 28 heavy (non-hydrogen) atoms. The molecular weight excluding hydrogens is 369 g/mol. The van der Waals surface area contributed by atoms with E-state index in [1.165, 1.54) is 10.1 Å². The maximum atomic E-state index is 15.4. The molecule has 3 heterocycles. The van der Waals surface area contributed by atoms with E-state index >= 15 is 4.39 Å². The number of benzene rings is 2. The van der Waals surface area contributed by atoms with Crippen LogP contribution in [0.2, 0.25) is 0 Å². The number of rotatable bonds is 2. The third-order valence-electron chi connectivity index (χ3n) is 5.05. The van der Waals surface area contributed by atoms with E-state index in [0.29, 0.717) is 17.8 Å². The van der Waals surface area contributed by atoms with Crippen LogP contribution in [0, 0.1) is 5.82 Å². The average Bonchev–Trinajstić information content (AvgIpc) is 3.06. The molecular formula is C23H18FN3S. The fourth-order valence-corrected chi connectivity index (χ4v) is 4.85. The Bertz CT molecular complexity index is 1160. The fourth-order valence-electron chi connectivity index (χ4n) is 3.74. The van der Waals surface area contributed by atoms with Gasteiger partial charge in [-0.1, -0.05) is 24.3 Å². The van der Waals surface area contributed by atoms with Crippen LogP contribution in [-0.4, -0.2) is 28.7 Å². The molecule has 0 aliphatic carbocycles. The number of aromatic nitrogens is 2. The summed E-state index contributed by atoms with van der Waals surface area (Å²) in [7, 11) is 2.06. The minimum atomic E-state index is -0.211. The lowest BCUT2D eigenvalue weighted by Gasteiger charge is -2.16. The van der Waals surface area contributed by atoms with Gasteiger partial charge < -0.3 is 0 Å². The van der Waals surface area contributed by atoms with Gasteiger partial charge in [-0.2, -0.15) is 10.2 Å². The Kier molecular flexibility index (Phi) is 4.26. The third-order valence-corrected chi connectivity index (χ3v) is 6.20. The van der Waals surface area contributed by atoms with Gasteiger partial charge in [0.2, 0.25) is 0 Å². The second-order valence-electron chi connectivity index (χ2n) is 7.06. The zero-order chi connectivity index (χ0) is 19.1. The van der Waals surface area contributed by atoms with Gasteiger partial charge in [0.15, 0.2) is 0 Å². The number of hydrogen-bond donors (Lipinski definition) is 0. The van der Waals surface area contributed by atoms with E-state index < -0.39 is 0 Å². The molecule has 1 aliphatic rings. The van der Waals surface area contributed by atoms with Gasteiger partial charge in [0.05, 0.1) is 5.69 Å². The van der Waals surface area contributed by atoms with Gasteiger partial charge in [-0.25, -0.2) is 4.39 Å². The van der Waals surface area contributed by atoms with Gasteiger partial charge in [0.1, 0.15) is 5.82 Å². The molecule has 0 atom stereocenters. The van der Waals surface area contributed by atoms with Crippen LogP contribution in [-0.2, 0) is 6.54 Å². The highest BCUT2D eigenvalue weighted by Gasteiger charge is 2.22. The maximum absolute atomic E-state index is 15.4. The fraction of sp³-hybridized carbons (Fsp3) is 0.130. The molecule has 2 aromatic heterocycles. The van der Waals surface area contributed by atoms with Crippen LogP contribution in [0.3, 0.4) is 0 Å². The first-order valence-corrected chi connectivity index (χ1v) is 9.99. The monoisotopic (exact) mass is 387 g/mol. The Balaban J connectivity index is 1.69. The molecule has 2 aromatic carbocycles. The van der Waals surface area contributed by atoms with Crippen molar-refractivity contribution in [2.75, 3.05) is 13.6 Å². The number of fused-ring (bicyclic) bond motifs is 2. The van der Waals surface area contributed by atoms with E-state index in [2.05, 4.69) is 46.4 Å². The molecule has 5 rings (SSSR count).